The molecule has 1 amide bonds. The van der Waals surface area contributed by atoms with Gasteiger partial charge in [-0.25, -0.2) is 17.6 Å². The Morgan fingerprint density at radius 1 is 1.04 bits per heavy atom. The van der Waals surface area contributed by atoms with Crippen LogP contribution < -0.4 is 10.0 Å². The minimum Gasteiger partial charge on any atom is -0.449 e. The van der Waals surface area contributed by atoms with Gasteiger partial charge in [-0.2, -0.15) is 0 Å². The average Bonchev–Trinajstić information content (AvgIpc) is 2.63. The third-order valence-electron chi connectivity index (χ3n) is 3.58. The number of amides is 1. The molecule has 9 heteroatoms. The highest BCUT2D eigenvalue weighted by Gasteiger charge is 2.22. The minimum atomic E-state index is -4.13. The van der Waals surface area contributed by atoms with E-state index in [-0.39, 0.29) is 22.2 Å². The molecule has 0 saturated carbocycles. The van der Waals surface area contributed by atoms with Gasteiger partial charge in [0.25, 0.3) is 15.9 Å². The second-order valence-electron chi connectivity index (χ2n) is 6.32. The highest BCUT2D eigenvalue weighted by atomic mass is 32.2. The molecule has 2 N–H and O–H groups in total. The van der Waals surface area contributed by atoms with Gasteiger partial charge in [-0.05, 0) is 51.1 Å². The SMILES string of the molecule is CC(C)NC(=O)[C@@H](C)OC(=O)c1cccc(S(=O)(=O)Nc2ccccc2F)c1. The second-order valence-corrected chi connectivity index (χ2v) is 8.01. The topological polar surface area (TPSA) is 102 Å². The van der Waals surface area contributed by atoms with E-state index in [1.165, 1.54) is 43.3 Å². The van der Waals surface area contributed by atoms with Gasteiger partial charge >= 0.3 is 5.97 Å². The number of rotatable bonds is 7. The number of ether oxygens (including phenoxy) is 1. The summed E-state index contributed by atoms with van der Waals surface area (Å²) >= 11 is 0. The monoisotopic (exact) mass is 408 g/mol. The van der Waals surface area contributed by atoms with Gasteiger partial charge in [0.05, 0.1) is 16.1 Å². The van der Waals surface area contributed by atoms with Gasteiger partial charge in [0.1, 0.15) is 5.82 Å². The zero-order valence-corrected chi connectivity index (χ0v) is 16.4. The Bertz CT molecular complexity index is 976. The summed E-state index contributed by atoms with van der Waals surface area (Å²) < 4.78 is 45.9. The summed E-state index contributed by atoms with van der Waals surface area (Å²) in [4.78, 5) is 23.9. The summed E-state index contributed by atoms with van der Waals surface area (Å²) in [6, 6.07) is 10.3. The van der Waals surface area contributed by atoms with Crippen molar-refractivity contribution in [3.8, 4) is 0 Å². The van der Waals surface area contributed by atoms with Gasteiger partial charge < -0.3 is 10.1 Å². The number of halogens is 1. The Hall–Kier alpha value is -2.94. The summed E-state index contributed by atoms with van der Waals surface area (Å²) in [6.07, 6.45) is -1.05. The third kappa shape index (κ3) is 5.53. The number of hydrogen-bond acceptors (Lipinski definition) is 5. The normalized spacial score (nSPS) is 12.3. The van der Waals surface area contributed by atoms with Crippen molar-refractivity contribution in [1.82, 2.24) is 5.32 Å². The van der Waals surface area contributed by atoms with E-state index in [0.717, 1.165) is 12.1 Å². The van der Waals surface area contributed by atoms with E-state index in [0.29, 0.717) is 0 Å². The van der Waals surface area contributed by atoms with Crippen molar-refractivity contribution in [2.24, 2.45) is 0 Å². The standard InChI is InChI=1S/C19H21FN2O5S/c1-12(2)21-18(23)13(3)27-19(24)14-7-6-8-15(11-14)28(25,26)22-17-10-5-4-9-16(17)20/h4-13,22H,1-3H3,(H,21,23)/t13-/m1/s1. The first-order chi connectivity index (χ1) is 13.1. The maximum absolute atomic E-state index is 13.7. The lowest BCUT2D eigenvalue weighted by Gasteiger charge is -2.15. The highest BCUT2D eigenvalue weighted by molar-refractivity contribution is 7.92. The van der Waals surface area contributed by atoms with E-state index in [4.69, 9.17) is 4.74 Å². The van der Waals surface area contributed by atoms with Gasteiger partial charge in [0.2, 0.25) is 0 Å². The van der Waals surface area contributed by atoms with E-state index < -0.39 is 33.8 Å². The van der Waals surface area contributed by atoms with Crippen molar-refractivity contribution in [3.63, 3.8) is 0 Å². The molecule has 0 saturated heterocycles. The maximum atomic E-state index is 13.7. The second kappa shape index (κ2) is 8.83. The predicted octanol–water partition coefficient (Wildman–Crippen LogP) is 2.70. The quantitative estimate of drug-likeness (QED) is 0.686. The molecule has 0 fully saturated rings. The Morgan fingerprint density at radius 2 is 1.71 bits per heavy atom. The highest BCUT2D eigenvalue weighted by Crippen LogP contribution is 2.20. The van der Waals surface area contributed by atoms with Crippen LogP contribution in [-0.4, -0.2) is 32.4 Å². The van der Waals surface area contributed by atoms with Crippen molar-refractivity contribution < 1.29 is 27.1 Å². The molecule has 0 aliphatic heterocycles. The van der Waals surface area contributed by atoms with Crippen LogP contribution in [0, 0.1) is 5.82 Å². The number of carbonyl (C=O) groups is 2. The summed E-state index contributed by atoms with van der Waals surface area (Å²) in [6.45, 7) is 4.95. The Labute approximate surface area is 163 Å². The van der Waals surface area contributed by atoms with Crippen LogP contribution in [0.3, 0.4) is 0 Å². The molecule has 0 spiro atoms. The van der Waals surface area contributed by atoms with E-state index in [1.807, 2.05) is 0 Å². The summed E-state index contributed by atoms with van der Waals surface area (Å²) in [5.74, 6) is -2.05. The molecule has 2 aromatic rings. The smallest absolute Gasteiger partial charge is 0.338 e. The van der Waals surface area contributed by atoms with Crippen LogP contribution in [0.4, 0.5) is 10.1 Å². The first kappa shape index (κ1) is 21.4. The third-order valence-corrected chi connectivity index (χ3v) is 4.95. The summed E-state index contributed by atoms with van der Waals surface area (Å²) in [5.41, 5.74) is -0.268. The Balaban J connectivity index is 2.18. The molecular formula is C19H21FN2O5S. The number of sulfonamides is 1. The van der Waals surface area contributed by atoms with Crippen LogP contribution in [0.5, 0.6) is 0 Å². The molecule has 0 aliphatic rings. The van der Waals surface area contributed by atoms with Gasteiger partial charge in [0, 0.05) is 6.04 Å². The van der Waals surface area contributed by atoms with Gasteiger partial charge in [-0.1, -0.05) is 18.2 Å². The Kier molecular flexibility index (Phi) is 6.74. The summed E-state index contributed by atoms with van der Waals surface area (Å²) in [7, 11) is -4.13. The van der Waals surface area contributed by atoms with E-state index >= 15 is 0 Å². The molecule has 0 aliphatic carbocycles. The lowest BCUT2D eigenvalue weighted by molar-refractivity contribution is -0.129. The van der Waals surface area contributed by atoms with Crippen molar-refractivity contribution in [1.29, 1.82) is 0 Å². The largest absolute Gasteiger partial charge is 0.449 e. The maximum Gasteiger partial charge on any atom is 0.338 e. The zero-order valence-electron chi connectivity index (χ0n) is 15.6. The van der Waals surface area contributed by atoms with Crippen molar-refractivity contribution in [3.05, 3.63) is 59.9 Å². The minimum absolute atomic E-state index is 0.0550. The molecule has 0 bridgehead atoms. The molecule has 150 valence electrons. The molecule has 1 atom stereocenters. The average molecular weight is 408 g/mol. The Morgan fingerprint density at radius 3 is 2.36 bits per heavy atom. The molecule has 0 unspecified atom stereocenters. The van der Waals surface area contributed by atoms with Gasteiger partial charge in [-0.15, -0.1) is 0 Å². The lowest BCUT2D eigenvalue weighted by atomic mass is 10.2. The molecule has 2 rings (SSSR count). The van der Waals surface area contributed by atoms with Crippen molar-refractivity contribution in [2.45, 2.75) is 37.8 Å². The zero-order chi connectivity index (χ0) is 20.9. The van der Waals surface area contributed by atoms with Crippen molar-refractivity contribution in [2.75, 3.05) is 4.72 Å². The lowest BCUT2D eigenvalue weighted by Crippen LogP contribution is -2.39. The molecule has 0 aromatic heterocycles. The van der Waals surface area contributed by atoms with Crippen LogP contribution in [0.1, 0.15) is 31.1 Å². The summed E-state index contributed by atoms with van der Waals surface area (Å²) in [5, 5.41) is 2.61. The number of benzene rings is 2. The fourth-order valence-electron chi connectivity index (χ4n) is 2.22. The van der Waals surface area contributed by atoms with Gasteiger partial charge in [-0.3, -0.25) is 9.52 Å². The number of hydrogen-bond donors (Lipinski definition) is 2. The van der Waals surface area contributed by atoms with Crippen LogP contribution in [0.2, 0.25) is 0 Å². The fraction of sp³-hybridized carbons (Fsp3) is 0.263. The first-order valence-electron chi connectivity index (χ1n) is 8.49. The van der Waals surface area contributed by atoms with Crippen LogP contribution in [0.15, 0.2) is 53.4 Å². The molecular weight excluding hydrogens is 387 g/mol. The van der Waals surface area contributed by atoms with E-state index in [1.54, 1.807) is 13.8 Å². The van der Waals surface area contributed by atoms with Crippen molar-refractivity contribution >= 4 is 27.6 Å². The first-order valence-corrected chi connectivity index (χ1v) is 9.97. The van der Waals surface area contributed by atoms with Crippen LogP contribution in [-0.2, 0) is 19.6 Å². The van der Waals surface area contributed by atoms with E-state index in [2.05, 4.69) is 10.0 Å². The molecule has 0 heterocycles. The van der Waals surface area contributed by atoms with Gasteiger partial charge in [0.15, 0.2) is 6.10 Å². The fourth-order valence-corrected chi connectivity index (χ4v) is 3.33. The molecule has 0 radical (unpaired) electrons. The number of carbonyl (C=O) groups excluding carboxylic acids is 2. The molecule has 28 heavy (non-hydrogen) atoms. The van der Waals surface area contributed by atoms with Crippen LogP contribution in [0.25, 0.3) is 0 Å². The number of nitrogens with one attached hydrogen (secondary N) is 2. The number of para-hydroxylation sites is 1. The number of anilines is 1. The number of esters is 1. The van der Waals surface area contributed by atoms with E-state index in [9.17, 15) is 22.4 Å². The molecule has 2 aromatic carbocycles. The van der Waals surface area contributed by atoms with Crippen LogP contribution >= 0.6 is 0 Å². The predicted molar refractivity (Wildman–Crippen MR) is 102 cm³/mol. The molecule has 7 nitrogen and oxygen atoms in total.